The molecule has 1 aliphatic heterocycles. The lowest BCUT2D eigenvalue weighted by Gasteiger charge is -2.26. The lowest BCUT2D eigenvalue weighted by molar-refractivity contribution is -0.128. The number of amides is 1. The Balaban J connectivity index is 2.16. The van der Waals surface area contributed by atoms with Crippen LogP contribution in [0.3, 0.4) is 0 Å². The van der Waals surface area contributed by atoms with Crippen molar-refractivity contribution >= 4 is 5.91 Å². The highest BCUT2D eigenvalue weighted by molar-refractivity contribution is 5.81. The average Bonchev–Trinajstić information content (AvgIpc) is 2.68. The van der Waals surface area contributed by atoms with Crippen LogP contribution in [0.1, 0.15) is 37.6 Å². The summed E-state index contributed by atoms with van der Waals surface area (Å²) in [6.07, 6.45) is 1.10. The van der Waals surface area contributed by atoms with E-state index < -0.39 is 0 Å². The van der Waals surface area contributed by atoms with Crippen molar-refractivity contribution in [2.24, 2.45) is 5.92 Å². The molecule has 3 heteroatoms. The topological polar surface area (TPSA) is 32.3 Å². The molecule has 1 atom stereocenters. The van der Waals surface area contributed by atoms with Gasteiger partial charge in [0.25, 0.3) is 0 Å². The number of aryl methyl sites for hydroxylation is 1. The molecular weight excluding hydrogens is 224 g/mol. The van der Waals surface area contributed by atoms with Crippen LogP contribution < -0.4 is 5.32 Å². The molecule has 0 spiro atoms. The van der Waals surface area contributed by atoms with Gasteiger partial charge < -0.3 is 4.90 Å². The van der Waals surface area contributed by atoms with Gasteiger partial charge >= 0.3 is 0 Å². The number of benzene rings is 1. The molecule has 1 aliphatic rings. The van der Waals surface area contributed by atoms with Gasteiger partial charge in [-0.2, -0.15) is 0 Å². The zero-order chi connectivity index (χ0) is 13.1. The smallest absolute Gasteiger partial charge is 0.238 e. The Bertz CT molecular complexity index is 428. The molecule has 0 bridgehead atoms. The van der Waals surface area contributed by atoms with E-state index in [9.17, 15) is 4.79 Å². The fourth-order valence-corrected chi connectivity index (χ4v) is 2.36. The van der Waals surface area contributed by atoms with Crippen LogP contribution in [0.15, 0.2) is 24.3 Å². The summed E-state index contributed by atoms with van der Waals surface area (Å²) in [5, 5.41) is 3.31. The molecule has 98 valence electrons. The van der Waals surface area contributed by atoms with Gasteiger partial charge in [-0.15, -0.1) is 0 Å². The first-order valence-electron chi connectivity index (χ1n) is 6.68. The van der Waals surface area contributed by atoms with E-state index in [1.165, 1.54) is 11.1 Å². The van der Waals surface area contributed by atoms with Crippen LogP contribution in [0.25, 0.3) is 0 Å². The maximum absolute atomic E-state index is 11.9. The van der Waals surface area contributed by atoms with Crippen molar-refractivity contribution in [2.75, 3.05) is 13.1 Å². The van der Waals surface area contributed by atoms with Gasteiger partial charge in [0.1, 0.15) is 6.17 Å². The molecule has 1 saturated heterocycles. The Morgan fingerprint density at radius 3 is 2.78 bits per heavy atom. The predicted molar refractivity (Wildman–Crippen MR) is 73.1 cm³/mol. The Morgan fingerprint density at radius 2 is 2.11 bits per heavy atom. The zero-order valence-electron chi connectivity index (χ0n) is 11.4. The number of rotatable bonds is 4. The van der Waals surface area contributed by atoms with Crippen LogP contribution in [-0.2, 0) is 4.79 Å². The van der Waals surface area contributed by atoms with Gasteiger partial charge in [-0.25, -0.2) is 0 Å². The SMILES string of the molecule is Cc1ccccc1C1NCC(=O)N1CCC(C)C. The van der Waals surface area contributed by atoms with Crippen molar-refractivity contribution in [3.05, 3.63) is 35.4 Å². The van der Waals surface area contributed by atoms with Gasteiger partial charge in [0.2, 0.25) is 5.91 Å². The zero-order valence-corrected chi connectivity index (χ0v) is 11.4. The second-order valence-electron chi connectivity index (χ2n) is 5.41. The Labute approximate surface area is 109 Å². The van der Waals surface area contributed by atoms with E-state index in [0.29, 0.717) is 12.5 Å². The highest BCUT2D eigenvalue weighted by atomic mass is 16.2. The van der Waals surface area contributed by atoms with Crippen molar-refractivity contribution < 1.29 is 4.79 Å². The first kappa shape index (κ1) is 13.1. The molecule has 0 radical (unpaired) electrons. The number of carbonyl (C=O) groups is 1. The summed E-state index contributed by atoms with van der Waals surface area (Å²) in [5.74, 6) is 0.833. The molecule has 0 saturated carbocycles. The number of hydrogen-bond acceptors (Lipinski definition) is 2. The van der Waals surface area contributed by atoms with Gasteiger partial charge in [0, 0.05) is 6.54 Å². The first-order chi connectivity index (χ1) is 8.59. The van der Waals surface area contributed by atoms with E-state index >= 15 is 0 Å². The van der Waals surface area contributed by atoms with E-state index in [0.717, 1.165) is 13.0 Å². The molecule has 3 nitrogen and oxygen atoms in total. The van der Waals surface area contributed by atoms with Crippen LogP contribution in [0.4, 0.5) is 0 Å². The third-order valence-electron chi connectivity index (χ3n) is 3.51. The summed E-state index contributed by atoms with van der Waals surface area (Å²) in [6.45, 7) is 7.77. The summed E-state index contributed by atoms with van der Waals surface area (Å²) in [7, 11) is 0. The molecular formula is C15H22N2O. The molecule has 1 fully saturated rings. The minimum atomic E-state index is 0.0532. The van der Waals surface area contributed by atoms with E-state index in [-0.39, 0.29) is 12.1 Å². The second-order valence-corrected chi connectivity index (χ2v) is 5.41. The van der Waals surface area contributed by atoms with Crippen LogP contribution in [0.5, 0.6) is 0 Å². The van der Waals surface area contributed by atoms with Gasteiger partial charge in [-0.05, 0) is 30.4 Å². The van der Waals surface area contributed by atoms with Crippen LogP contribution in [0.2, 0.25) is 0 Å². The predicted octanol–water partition coefficient (Wildman–Crippen LogP) is 2.47. The molecule has 1 aromatic rings. The highest BCUT2D eigenvalue weighted by Crippen LogP contribution is 2.25. The minimum absolute atomic E-state index is 0.0532. The minimum Gasteiger partial charge on any atom is -0.322 e. The van der Waals surface area contributed by atoms with Crippen LogP contribution >= 0.6 is 0 Å². The van der Waals surface area contributed by atoms with E-state index in [1.807, 2.05) is 17.0 Å². The molecule has 18 heavy (non-hydrogen) atoms. The van der Waals surface area contributed by atoms with Crippen molar-refractivity contribution in [3.63, 3.8) is 0 Å². The van der Waals surface area contributed by atoms with E-state index in [1.54, 1.807) is 0 Å². The Morgan fingerprint density at radius 1 is 1.39 bits per heavy atom. The summed E-state index contributed by atoms with van der Waals surface area (Å²) in [4.78, 5) is 13.9. The quantitative estimate of drug-likeness (QED) is 0.885. The Hall–Kier alpha value is -1.35. The standard InChI is InChI=1S/C15H22N2O/c1-11(2)8-9-17-14(18)10-16-15(17)13-7-5-4-6-12(13)3/h4-7,11,15-16H,8-10H2,1-3H3. The van der Waals surface area contributed by atoms with E-state index in [4.69, 9.17) is 0 Å². The summed E-state index contributed by atoms with van der Waals surface area (Å²) in [6, 6.07) is 8.27. The molecule has 1 heterocycles. The Kier molecular flexibility index (Phi) is 4.02. The number of hydrogen-bond donors (Lipinski definition) is 1. The molecule has 1 N–H and O–H groups in total. The molecule has 1 amide bonds. The fourth-order valence-electron chi connectivity index (χ4n) is 2.36. The summed E-state index contributed by atoms with van der Waals surface area (Å²) in [5.41, 5.74) is 2.45. The molecule has 1 aromatic carbocycles. The van der Waals surface area contributed by atoms with Gasteiger partial charge in [-0.1, -0.05) is 38.1 Å². The van der Waals surface area contributed by atoms with Crippen LogP contribution in [0, 0.1) is 12.8 Å². The largest absolute Gasteiger partial charge is 0.322 e. The number of carbonyl (C=O) groups excluding carboxylic acids is 1. The van der Waals surface area contributed by atoms with Crippen molar-refractivity contribution in [1.29, 1.82) is 0 Å². The maximum Gasteiger partial charge on any atom is 0.238 e. The summed E-state index contributed by atoms with van der Waals surface area (Å²) < 4.78 is 0. The lowest BCUT2D eigenvalue weighted by atomic mass is 10.1. The number of nitrogens with zero attached hydrogens (tertiary/aromatic N) is 1. The molecule has 1 unspecified atom stereocenters. The van der Waals surface area contributed by atoms with Crippen LogP contribution in [-0.4, -0.2) is 23.9 Å². The van der Waals surface area contributed by atoms with Crippen molar-refractivity contribution in [3.8, 4) is 0 Å². The van der Waals surface area contributed by atoms with Gasteiger partial charge in [0.05, 0.1) is 6.54 Å². The monoisotopic (exact) mass is 246 g/mol. The normalized spacial score (nSPS) is 19.9. The maximum atomic E-state index is 11.9. The average molecular weight is 246 g/mol. The van der Waals surface area contributed by atoms with Gasteiger partial charge in [-0.3, -0.25) is 10.1 Å². The fraction of sp³-hybridized carbons (Fsp3) is 0.533. The van der Waals surface area contributed by atoms with E-state index in [2.05, 4.69) is 38.2 Å². The van der Waals surface area contributed by atoms with Crippen molar-refractivity contribution in [2.45, 2.75) is 33.4 Å². The lowest BCUT2D eigenvalue weighted by Crippen LogP contribution is -2.32. The third kappa shape index (κ3) is 2.72. The van der Waals surface area contributed by atoms with Crippen molar-refractivity contribution in [1.82, 2.24) is 10.2 Å². The molecule has 0 aliphatic carbocycles. The second kappa shape index (κ2) is 5.53. The third-order valence-corrected chi connectivity index (χ3v) is 3.51. The molecule has 2 rings (SSSR count). The highest BCUT2D eigenvalue weighted by Gasteiger charge is 2.31. The van der Waals surface area contributed by atoms with Gasteiger partial charge in [0.15, 0.2) is 0 Å². The molecule has 0 aromatic heterocycles. The summed E-state index contributed by atoms with van der Waals surface area (Å²) >= 11 is 0. The first-order valence-corrected chi connectivity index (χ1v) is 6.68. The number of nitrogens with one attached hydrogen (secondary N) is 1.